The first-order valence-electron chi connectivity index (χ1n) is 12.2. The Balaban J connectivity index is 1.94. The van der Waals surface area contributed by atoms with E-state index in [0.717, 1.165) is 16.7 Å². The third kappa shape index (κ3) is 4.66. The topological polar surface area (TPSA) is 66.8 Å². The lowest BCUT2D eigenvalue weighted by Crippen LogP contribution is -2.29. The van der Waals surface area contributed by atoms with E-state index in [1.54, 1.807) is 0 Å². The molecule has 1 amide bonds. The fraction of sp³-hybridized carbons (Fsp3) is 0.290. The molecule has 1 aliphatic heterocycles. The predicted molar refractivity (Wildman–Crippen MR) is 143 cm³/mol. The van der Waals surface area contributed by atoms with Crippen molar-refractivity contribution in [2.24, 2.45) is 0 Å². The third-order valence-corrected chi connectivity index (χ3v) is 6.62. The van der Waals surface area contributed by atoms with Crippen LogP contribution in [0.15, 0.2) is 72.3 Å². The normalized spacial score (nSPS) is 17.5. The van der Waals surface area contributed by atoms with Gasteiger partial charge in [0.25, 0.3) is 11.7 Å². The van der Waals surface area contributed by atoms with E-state index in [0.29, 0.717) is 29.2 Å². The Morgan fingerprint density at radius 1 is 0.944 bits per heavy atom. The summed E-state index contributed by atoms with van der Waals surface area (Å²) in [5.41, 5.74) is 4.70. The molecule has 1 unspecified atom stereocenters. The largest absolute Gasteiger partial charge is 0.507 e. The van der Waals surface area contributed by atoms with E-state index >= 15 is 0 Å². The molecule has 0 aliphatic carbocycles. The maximum Gasteiger partial charge on any atom is 0.300 e. The van der Waals surface area contributed by atoms with Gasteiger partial charge in [-0.2, -0.15) is 0 Å². The number of nitrogens with zero attached hydrogens (tertiary/aromatic N) is 1. The van der Waals surface area contributed by atoms with Crippen LogP contribution in [0.5, 0.6) is 5.75 Å². The number of amides is 1. The molecule has 5 heteroatoms. The Kier molecular flexibility index (Phi) is 6.77. The minimum Gasteiger partial charge on any atom is -0.507 e. The first-order valence-corrected chi connectivity index (χ1v) is 12.2. The zero-order valence-corrected chi connectivity index (χ0v) is 21.8. The summed E-state index contributed by atoms with van der Waals surface area (Å²) in [5, 5.41) is 11.6. The van der Waals surface area contributed by atoms with Crippen LogP contribution in [0.25, 0.3) is 5.76 Å². The van der Waals surface area contributed by atoms with Gasteiger partial charge >= 0.3 is 0 Å². The second kappa shape index (κ2) is 9.65. The van der Waals surface area contributed by atoms with Crippen LogP contribution in [-0.4, -0.2) is 23.4 Å². The molecule has 4 rings (SSSR count). The van der Waals surface area contributed by atoms with Crippen LogP contribution in [-0.2, 0) is 15.0 Å². The summed E-state index contributed by atoms with van der Waals surface area (Å²) >= 11 is 0. The van der Waals surface area contributed by atoms with Gasteiger partial charge in [0, 0.05) is 11.3 Å². The van der Waals surface area contributed by atoms with E-state index < -0.39 is 17.7 Å². The Bertz CT molecular complexity index is 1330. The van der Waals surface area contributed by atoms with E-state index in [1.165, 1.54) is 4.90 Å². The molecule has 1 heterocycles. The molecule has 1 N–H and O–H groups in total. The van der Waals surface area contributed by atoms with Crippen LogP contribution in [0.3, 0.4) is 0 Å². The zero-order chi connectivity index (χ0) is 26.2. The van der Waals surface area contributed by atoms with Crippen molar-refractivity contribution < 1.29 is 19.4 Å². The fourth-order valence-corrected chi connectivity index (χ4v) is 4.52. The molecular weight excluding hydrogens is 450 g/mol. The van der Waals surface area contributed by atoms with E-state index in [9.17, 15) is 14.7 Å². The molecule has 0 saturated carbocycles. The minimum atomic E-state index is -0.777. The number of rotatable bonds is 5. The lowest BCUT2D eigenvalue weighted by molar-refractivity contribution is -0.132. The van der Waals surface area contributed by atoms with E-state index in [2.05, 4.69) is 20.8 Å². The summed E-state index contributed by atoms with van der Waals surface area (Å²) < 4.78 is 5.59. The molecule has 186 valence electrons. The van der Waals surface area contributed by atoms with Crippen LogP contribution in [0.1, 0.15) is 61.6 Å². The highest BCUT2D eigenvalue weighted by molar-refractivity contribution is 6.51. The molecule has 36 heavy (non-hydrogen) atoms. The van der Waals surface area contributed by atoms with Gasteiger partial charge in [-0.15, -0.1) is 0 Å². The molecule has 3 aromatic carbocycles. The third-order valence-electron chi connectivity index (χ3n) is 6.62. The number of hydrogen-bond acceptors (Lipinski definition) is 4. The van der Waals surface area contributed by atoms with Gasteiger partial charge in [0.1, 0.15) is 11.5 Å². The number of ketones is 1. The first kappa shape index (κ1) is 25.2. The highest BCUT2D eigenvalue weighted by Crippen LogP contribution is 2.43. The van der Waals surface area contributed by atoms with Gasteiger partial charge < -0.3 is 9.84 Å². The lowest BCUT2D eigenvalue weighted by atomic mass is 9.84. The Labute approximate surface area is 213 Å². The molecule has 0 bridgehead atoms. The molecule has 5 nitrogen and oxygen atoms in total. The number of ether oxygens (including phenoxy) is 1. The van der Waals surface area contributed by atoms with Gasteiger partial charge in [-0.3, -0.25) is 14.5 Å². The highest BCUT2D eigenvalue weighted by Gasteiger charge is 2.47. The average Bonchev–Trinajstić information content (AvgIpc) is 3.10. The Morgan fingerprint density at radius 2 is 1.58 bits per heavy atom. The molecule has 3 aromatic rings. The number of aliphatic hydroxyl groups excluding tert-OH is 1. The maximum atomic E-state index is 13.5. The molecule has 1 atom stereocenters. The molecule has 1 saturated heterocycles. The van der Waals surface area contributed by atoms with Crippen molar-refractivity contribution in [1.82, 2.24) is 0 Å². The van der Waals surface area contributed by atoms with Crippen molar-refractivity contribution >= 4 is 23.1 Å². The molecular formula is C31H33NO4. The van der Waals surface area contributed by atoms with E-state index in [1.807, 2.05) is 87.5 Å². The summed E-state index contributed by atoms with van der Waals surface area (Å²) in [4.78, 5) is 28.4. The number of aryl methyl sites for hydroxylation is 2. The zero-order valence-electron chi connectivity index (χ0n) is 21.8. The summed E-state index contributed by atoms with van der Waals surface area (Å²) in [6, 6.07) is 19.9. The maximum absolute atomic E-state index is 13.5. The van der Waals surface area contributed by atoms with Crippen LogP contribution in [0.2, 0.25) is 0 Å². The second-order valence-corrected chi connectivity index (χ2v) is 10.3. The van der Waals surface area contributed by atoms with Crippen LogP contribution in [0.4, 0.5) is 5.69 Å². The van der Waals surface area contributed by atoms with Crippen molar-refractivity contribution in [1.29, 1.82) is 0 Å². The van der Waals surface area contributed by atoms with E-state index in [4.69, 9.17) is 4.74 Å². The Hall–Kier alpha value is -3.86. The van der Waals surface area contributed by atoms with Gasteiger partial charge in [-0.25, -0.2) is 0 Å². The molecule has 1 fully saturated rings. The van der Waals surface area contributed by atoms with Crippen molar-refractivity contribution in [3.05, 3.63) is 100 Å². The van der Waals surface area contributed by atoms with E-state index in [-0.39, 0.29) is 16.7 Å². The number of Topliss-reactive ketones (excluding diaryl/α,β-unsaturated/α-hetero) is 1. The van der Waals surface area contributed by atoms with Gasteiger partial charge in [0.05, 0.1) is 18.2 Å². The van der Waals surface area contributed by atoms with Crippen molar-refractivity contribution in [3.8, 4) is 5.75 Å². The van der Waals surface area contributed by atoms with Gasteiger partial charge in [0.15, 0.2) is 0 Å². The number of carbonyl (C=O) groups is 2. The number of hydrogen-bond donors (Lipinski definition) is 1. The SMILES string of the molecule is CCOc1ccc(C2/C(=C(\O)c3cc(C(C)(C)C)ccc3C)C(=O)C(=O)N2c2ccc(C)cc2)cc1. The first-order chi connectivity index (χ1) is 17.0. The van der Waals surface area contributed by atoms with Gasteiger partial charge in [0.2, 0.25) is 0 Å². The van der Waals surface area contributed by atoms with Gasteiger partial charge in [-0.05, 0) is 73.2 Å². The predicted octanol–water partition coefficient (Wildman–Crippen LogP) is 6.63. The lowest BCUT2D eigenvalue weighted by Gasteiger charge is -2.26. The van der Waals surface area contributed by atoms with Crippen LogP contribution in [0, 0.1) is 13.8 Å². The number of carbonyl (C=O) groups excluding carboxylic acids is 2. The summed E-state index contributed by atoms with van der Waals surface area (Å²) in [5.74, 6) is -0.829. The summed E-state index contributed by atoms with van der Waals surface area (Å²) in [7, 11) is 0. The summed E-state index contributed by atoms with van der Waals surface area (Å²) in [6.45, 7) is 12.6. The second-order valence-electron chi connectivity index (χ2n) is 10.3. The molecule has 0 aromatic heterocycles. The number of anilines is 1. The number of benzene rings is 3. The Morgan fingerprint density at radius 3 is 2.17 bits per heavy atom. The van der Waals surface area contributed by atoms with Crippen molar-refractivity contribution in [2.45, 2.75) is 53.0 Å². The van der Waals surface area contributed by atoms with Crippen LogP contribution >= 0.6 is 0 Å². The average molecular weight is 484 g/mol. The monoisotopic (exact) mass is 483 g/mol. The quantitative estimate of drug-likeness (QED) is 0.251. The smallest absolute Gasteiger partial charge is 0.300 e. The standard InChI is InChI=1S/C31H33NO4/c1-7-36-24-16-11-21(12-17-24)27-26(28(33)25-18-22(31(4,5)6)13-10-20(25)3)29(34)30(35)32(27)23-14-8-19(2)9-15-23/h8-18,27,33H,7H2,1-6H3/b28-26+. The van der Waals surface area contributed by atoms with Crippen molar-refractivity contribution in [3.63, 3.8) is 0 Å². The van der Waals surface area contributed by atoms with Crippen LogP contribution < -0.4 is 9.64 Å². The fourth-order valence-electron chi connectivity index (χ4n) is 4.52. The van der Waals surface area contributed by atoms with Crippen molar-refractivity contribution in [2.75, 3.05) is 11.5 Å². The molecule has 1 aliphatic rings. The molecule has 0 radical (unpaired) electrons. The molecule has 0 spiro atoms. The number of aliphatic hydroxyl groups is 1. The highest BCUT2D eigenvalue weighted by atomic mass is 16.5. The summed E-state index contributed by atoms with van der Waals surface area (Å²) in [6.07, 6.45) is 0. The minimum absolute atomic E-state index is 0.0823. The van der Waals surface area contributed by atoms with Gasteiger partial charge in [-0.1, -0.05) is 62.7 Å².